The van der Waals surface area contributed by atoms with Crippen LogP contribution in [0.15, 0.2) is 42.5 Å². The molecule has 0 aliphatic carbocycles. The Labute approximate surface area is 129 Å². The van der Waals surface area contributed by atoms with Crippen molar-refractivity contribution in [1.29, 1.82) is 0 Å². The number of carbonyl (C=O) groups is 1. The summed E-state index contributed by atoms with van der Waals surface area (Å²) in [7, 11) is 0. The maximum absolute atomic E-state index is 11.7. The number of likely N-dealkylation sites (tertiary alicyclic amines) is 1. The van der Waals surface area contributed by atoms with E-state index in [9.17, 15) is 4.79 Å². The summed E-state index contributed by atoms with van der Waals surface area (Å²) in [6.45, 7) is 3.56. The highest BCUT2D eigenvalue weighted by molar-refractivity contribution is 6.30. The van der Waals surface area contributed by atoms with Crippen LogP contribution in [-0.2, 0) is 16.1 Å². The van der Waals surface area contributed by atoms with Crippen LogP contribution >= 0.6 is 11.6 Å². The molecule has 0 N–H and O–H groups in total. The molecule has 0 bridgehead atoms. The van der Waals surface area contributed by atoms with Gasteiger partial charge in [0, 0.05) is 13.1 Å². The molecule has 0 radical (unpaired) electrons. The van der Waals surface area contributed by atoms with E-state index in [-0.39, 0.29) is 12.0 Å². The number of carbonyl (C=O) groups excluding carboxylic acids is 1. The molecule has 21 heavy (non-hydrogen) atoms. The SMILES string of the molecule is CC(Cl)C(=O)N1CC(OCc2cccc3ccccc23)C1. The van der Waals surface area contributed by atoms with Crippen molar-refractivity contribution in [2.75, 3.05) is 13.1 Å². The zero-order valence-corrected chi connectivity index (χ0v) is 12.7. The minimum Gasteiger partial charge on any atom is -0.370 e. The minimum absolute atomic E-state index is 0.0123. The van der Waals surface area contributed by atoms with E-state index in [2.05, 4.69) is 24.3 Å². The molecule has 3 rings (SSSR count). The average molecular weight is 304 g/mol. The van der Waals surface area contributed by atoms with Gasteiger partial charge in [0.1, 0.15) is 5.38 Å². The number of hydrogen-bond donors (Lipinski definition) is 0. The van der Waals surface area contributed by atoms with Crippen LogP contribution in [-0.4, -0.2) is 35.4 Å². The second-order valence-corrected chi connectivity index (χ2v) is 6.09. The number of nitrogens with zero attached hydrogens (tertiary/aromatic N) is 1. The number of benzene rings is 2. The molecule has 1 saturated heterocycles. The summed E-state index contributed by atoms with van der Waals surface area (Å²) in [5.74, 6) is -0.0123. The molecule has 3 nitrogen and oxygen atoms in total. The van der Waals surface area contributed by atoms with Crippen LogP contribution in [0, 0.1) is 0 Å². The Balaban J connectivity index is 1.58. The molecule has 110 valence electrons. The van der Waals surface area contributed by atoms with Crippen molar-refractivity contribution in [2.24, 2.45) is 0 Å². The van der Waals surface area contributed by atoms with Crippen LogP contribution in [0.4, 0.5) is 0 Å². The van der Waals surface area contributed by atoms with Crippen molar-refractivity contribution in [2.45, 2.75) is 25.0 Å². The first kappa shape index (κ1) is 14.4. The molecular weight excluding hydrogens is 286 g/mol. The highest BCUT2D eigenvalue weighted by Crippen LogP contribution is 2.21. The lowest BCUT2D eigenvalue weighted by Crippen LogP contribution is -2.56. The average Bonchev–Trinajstić information content (AvgIpc) is 2.45. The first-order valence-electron chi connectivity index (χ1n) is 7.16. The number of rotatable bonds is 4. The van der Waals surface area contributed by atoms with Gasteiger partial charge in [-0.15, -0.1) is 11.6 Å². The molecule has 1 heterocycles. The monoisotopic (exact) mass is 303 g/mol. The summed E-state index contributed by atoms with van der Waals surface area (Å²) < 4.78 is 5.90. The third kappa shape index (κ3) is 3.04. The molecule has 1 aliphatic heterocycles. The Morgan fingerprint density at radius 2 is 2.00 bits per heavy atom. The number of amides is 1. The van der Waals surface area contributed by atoms with Crippen molar-refractivity contribution in [3.8, 4) is 0 Å². The van der Waals surface area contributed by atoms with Crippen molar-refractivity contribution in [3.05, 3.63) is 48.0 Å². The highest BCUT2D eigenvalue weighted by atomic mass is 35.5. The van der Waals surface area contributed by atoms with Gasteiger partial charge in [0.05, 0.1) is 12.7 Å². The van der Waals surface area contributed by atoms with Crippen molar-refractivity contribution in [1.82, 2.24) is 4.90 Å². The predicted octanol–water partition coefficient (Wildman–Crippen LogP) is 3.19. The van der Waals surface area contributed by atoms with Crippen molar-refractivity contribution < 1.29 is 9.53 Å². The van der Waals surface area contributed by atoms with Crippen LogP contribution in [0.25, 0.3) is 10.8 Å². The molecule has 0 spiro atoms. The summed E-state index contributed by atoms with van der Waals surface area (Å²) in [5, 5.41) is 1.99. The zero-order valence-electron chi connectivity index (χ0n) is 12.0. The maximum Gasteiger partial charge on any atom is 0.240 e. The molecular formula is C17H18ClNO2. The molecule has 2 aromatic rings. The first-order chi connectivity index (χ1) is 10.1. The second-order valence-electron chi connectivity index (χ2n) is 5.43. The third-order valence-corrected chi connectivity index (χ3v) is 4.04. The Kier molecular flexibility index (Phi) is 4.13. The van der Waals surface area contributed by atoms with Gasteiger partial charge in [-0.3, -0.25) is 4.79 Å². The van der Waals surface area contributed by atoms with Crippen LogP contribution in [0.5, 0.6) is 0 Å². The molecule has 1 aliphatic rings. The number of hydrogen-bond acceptors (Lipinski definition) is 2. The number of fused-ring (bicyclic) bond motifs is 1. The molecule has 1 fully saturated rings. The predicted molar refractivity (Wildman–Crippen MR) is 84.4 cm³/mol. The van der Waals surface area contributed by atoms with Gasteiger partial charge in [0.2, 0.25) is 5.91 Å². The quantitative estimate of drug-likeness (QED) is 0.812. The third-order valence-electron chi connectivity index (χ3n) is 3.85. The van der Waals surface area contributed by atoms with E-state index in [0.29, 0.717) is 19.7 Å². The Bertz CT molecular complexity index is 645. The number of halogens is 1. The Morgan fingerprint density at radius 3 is 2.76 bits per heavy atom. The second kappa shape index (κ2) is 6.04. The fraction of sp³-hybridized carbons (Fsp3) is 0.353. The smallest absolute Gasteiger partial charge is 0.240 e. The standard InChI is InChI=1S/C17H18ClNO2/c1-12(18)17(20)19-9-15(10-19)21-11-14-7-4-6-13-5-2-3-8-16(13)14/h2-8,12,15H,9-11H2,1H3. The number of alkyl halides is 1. The summed E-state index contributed by atoms with van der Waals surface area (Å²) in [5.41, 5.74) is 1.18. The van der Waals surface area contributed by atoms with E-state index in [4.69, 9.17) is 16.3 Å². The van der Waals surface area contributed by atoms with E-state index in [1.807, 2.05) is 18.2 Å². The van der Waals surface area contributed by atoms with Crippen molar-refractivity contribution >= 4 is 28.3 Å². The van der Waals surface area contributed by atoms with Gasteiger partial charge in [-0.05, 0) is 23.3 Å². The lowest BCUT2D eigenvalue weighted by atomic mass is 10.1. The summed E-state index contributed by atoms with van der Waals surface area (Å²) in [4.78, 5) is 13.4. The van der Waals surface area contributed by atoms with Gasteiger partial charge < -0.3 is 9.64 Å². The molecule has 0 saturated carbocycles. The van der Waals surface area contributed by atoms with Gasteiger partial charge >= 0.3 is 0 Å². The normalized spacial score (nSPS) is 16.8. The van der Waals surface area contributed by atoms with E-state index in [1.54, 1.807) is 11.8 Å². The van der Waals surface area contributed by atoms with Crippen LogP contribution in [0.2, 0.25) is 0 Å². The fourth-order valence-electron chi connectivity index (χ4n) is 2.60. The summed E-state index contributed by atoms with van der Waals surface area (Å²) >= 11 is 5.79. The number of ether oxygens (including phenoxy) is 1. The van der Waals surface area contributed by atoms with E-state index in [1.165, 1.54) is 16.3 Å². The van der Waals surface area contributed by atoms with Gasteiger partial charge in [0.15, 0.2) is 0 Å². The topological polar surface area (TPSA) is 29.5 Å². The largest absolute Gasteiger partial charge is 0.370 e. The lowest BCUT2D eigenvalue weighted by Gasteiger charge is -2.39. The molecule has 2 aromatic carbocycles. The van der Waals surface area contributed by atoms with E-state index < -0.39 is 5.38 Å². The van der Waals surface area contributed by atoms with Crippen LogP contribution < -0.4 is 0 Å². The highest BCUT2D eigenvalue weighted by Gasteiger charge is 2.32. The van der Waals surface area contributed by atoms with E-state index in [0.717, 1.165) is 0 Å². The molecule has 1 amide bonds. The Hall–Kier alpha value is -1.58. The molecule has 1 atom stereocenters. The summed E-state index contributed by atoms with van der Waals surface area (Å²) in [6, 6.07) is 14.5. The summed E-state index contributed by atoms with van der Waals surface area (Å²) in [6.07, 6.45) is 0.114. The molecule has 1 unspecified atom stereocenters. The van der Waals surface area contributed by atoms with Crippen LogP contribution in [0.1, 0.15) is 12.5 Å². The van der Waals surface area contributed by atoms with Crippen molar-refractivity contribution in [3.63, 3.8) is 0 Å². The maximum atomic E-state index is 11.7. The van der Waals surface area contributed by atoms with E-state index >= 15 is 0 Å². The lowest BCUT2D eigenvalue weighted by molar-refractivity contribution is -0.145. The minimum atomic E-state index is -0.455. The van der Waals surface area contributed by atoms with Crippen LogP contribution in [0.3, 0.4) is 0 Å². The first-order valence-corrected chi connectivity index (χ1v) is 7.60. The van der Waals surface area contributed by atoms with Gasteiger partial charge in [0.25, 0.3) is 0 Å². The van der Waals surface area contributed by atoms with Gasteiger partial charge in [-0.1, -0.05) is 42.5 Å². The molecule has 0 aromatic heterocycles. The van der Waals surface area contributed by atoms with Gasteiger partial charge in [-0.25, -0.2) is 0 Å². The Morgan fingerprint density at radius 1 is 1.29 bits per heavy atom. The molecule has 4 heteroatoms. The zero-order chi connectivity index (χ0) is 14.8. The van der Waals surface area contributed by atoms with Gasteiger partial charge in [-0.2, -0.15) is 0 Å². The fourth-order valence-corrected chi connectivity index (χ4v) is 2.74.